The Morgan fingerprint density at radius 2 is 1.74 bits per heavy atom. The van der Waals surface area contributed by atoms with Crippen LogP contribution >= 0.6 is 11.8 Å². The highest BCUT2D eigenvalue weighted by Crippen LogP contribution is 2.24. The second-order valence-electron chi connectivity index (χ2n) is 8.35. The average Bonchev–Trinajstić information content (AvgIpc) is 3.26. The van der Waals surface area contributed by atoms with Crippen LogP contribution in [0.5, 0.6) is 0 Å². The lowest BCUT2D eigenvalue weighted by Crippen LogP contribution is -2.49. The molecule has 5 rings (SSSR count). The number of carbonyl (C=O) groups is 1. The van der Waals surface area contributed by atoms with Crippen molar-refractivity contribution in [2.45, 2.75) is 24.8 Å². The fraction of sp³-hybridized carbons (Fsp3) is 0.280. The third-order valence-electron chi connectivity index (χ3n) is 5.96. The quantitative estimate of drug-likeness (QED) is 0.404. The van der Waals surface area contributed by atoms with Gasteiger partial charge in [0, 0.05) is 54.6 Å². The van der Waals surface area contributed by atoms with Crippen LogP contribution in [0.15, 0.2) is 59.8 Å². The third kappa shape index (κ3) is 4.61. The van der Waals surface area contributed by atoms with Crippen LogP contribution < -0.4 is 4.90 Å². The zero-order chi connectivity index (χ0) is 23.7. The lowest BCUT2D eigenvalue weighted by Gasteiger charge is -2.36. The van der Waals surface area contributed by atoms with Crippen molar-refractivity contribution >= 4 is 29.1 Å². The van der Waals surface area contributed by atoms with E-state index in [1.165, 1.54) is 23.9 Å². The molecule has 0 atom stereocenters. The maximum Gasteiger partial charge on any atom is 0.254 e. The molecule has 3 heterocycles. The highest BCUT2D eigenvalue weighted by molar-refractivity contribution is 7.98. The number of hydrogen-bond acceptors (Lipinski definition) is 6. The van der Waals surface area contributed by atoms with Crippen molar-refractivity contribution in [2.24, 2.45) is 0 Å². The third-order valence-corrected chi connectivity index (χ3v) is 6.85. The first kappa shape index (κ1) is 22.3. The van der Waals surface area contributed by atoms with Gasteiger partial charge in [-0.15, -0.1) is 5.10 Å². The lowest BCUT2D eigenvalue weighted by molar-refractivity contribution is 0.0746. The van der Waals surface area contributed by atoms with E-state index >= 15 is 0 Å². The standard InChI is InChI=1S/C25H25FN6OS/c1-17-15-18(2)32-24(27-17)28-25(29-32)34-16-19-5-3-4-6-22(19)23(33)31-13-11-30(12-14-31)21-9-7-20(26)8-10-21/h3-10,15H,11-14,16H2,1-2H3. The van der Waals surface area contributed by atoms with Crippen LogP contribution in [-0.2, 0) is 5.75 Å². The fourth-order valence-corrected chi connectivity index (χ4v) is 5.02. The number of benzene rings is 2. The summed E-state index contributed by atoms with van der Waals surface area (Å²) in [4.78, 5) is 26.4. The number of rotatable bonds is 5. The highest BCUT2D eigenvalue weighted by atomic mass is 32.2. The predicted octanol–water partition coefficient (Wildman–Crippen LogP) is 4.13. The second-order valence-corrected chi connectivity index (χ2v) is 9.29. The molecule has 9 heteroatoms. The van der Waals surface area contributed by atoms with E-state index in [9.17, 15) is 9.18 Å². The van der Waals surface area contributed by atoms with Crippen LogP contribution in [-0.4, -0.2) is 56.6 Å². The van der Waals surface area contributed by atoms with Crippen molar-refractivity contribution < 1.29 is 9.18 Å². The molecule has 1 fully saturated rings. The molecular formula is C25H25FN6OS. The number of amides is 1. The highest BCUT2D eigenvalue weighted by Gasteiger charge is 2.24. The predicted molar refractivity (Wildman–Crippen MR) is 131 cm³/mol. The molecule has 0 radical (unpaired) electrons. The first-order valence-electron chi connectivity index (χ1n) is 11.2. The molecule has 1 amide bonds. The van der Waals surface area contributed by atoms with E-state index in [2.05, 4.69) is 20.0 Å². The molecule has 0 unspecified atom stereocenters. The van der Waals surface area contributed by atoms with Gasteiger partial charge in [0.25, 0.3) is 11.7 Å². The molecule has 34 heavy (non-hydrogen) atoms. The number of piperazine rings is 1. The van der Waals surface area contributed by atoms with E-state index in [1.807, 2.05) is 49.1 Å². The molecule has 0 aliphatic carbocycles. The summed E-state index contributed by atoms with van der Waals surface area (Å²) < 4.78 is 15.0. The molecule has 0 bridgehead atoms. The summed E-state index contributed by atoms with van der Waals surface area (Å²) in [7, 11) is 0. The Hall–Kier alpha value is -3.46. The molecule has 7 nitrogen and oxygen atoms in total. The lowest BCUT2D eigenvalue weighted by atomic mass is 10.1. The maximum absolute atomic E-state index is 13.3. The van der Waals surface area contributed by atoms with Gasteiger partial charge in [-0.2, -0.15) is 4.98 Å². The van der Waals surface area contributed by atoms with Crippen molar-refractivity contribution in [2.75, 3.05) is 31.1 Å². The molecule has 0 saturated carbocycles. The maximum atomic E-state index is 13.3. The Morgan fingerprint density at radius 1 is 1.00 bits per heavy atom. The van der Waals surface area contributed by atoms with E-state index < -0.39 is 0 Å². The van der Waals surface area contributed by atoms with Gasteiger partial charge in [0.2, 0.25) is 5.16 Å². The van der Waals surface area contributed by atoms with Gasteiger partial charge in [0.05, 0.1) is 0 Å². The van der Waals surface area contributed by atoms with Gasteiger partial charge in [-0.25, -0.2) is 13.9 Å². The van der Waals surface area contributed by atoms with E-state index in [0.29, 0.717) is 48.4 Å². The molecule has 0 spiro atoms. The van der Waals surface area contributed by atoms with E-state index in [-0.39, 0.29) is 11.7 Å². The number of fused-ring (bicyclic) bond motifs is 1. The van der Waals surface area contributed by atoms with Crippen molar-refractivity contribution in [1.82, 2.24) is 24.5 Å². The Labute approximate surface area is 201 Å². The normalized spacial score (nSPS) is 14.1. The van der Waals surface area contributed by atoms with Crippen LogP contribution in [0.1, 0.15) is 27.3 Å². The number of carbonyl (C=O) groups excluding carboxylic acids is 1. The molecule has 1 aliphatic rings. The van der Waals surface area contributed by atoms with Gasteiger partial charge in [-0.05, 0) is 55.8 Å². The summed E-state index contributed by atoms with van der Waals surface area (Å²) in [6.45, 7) is 6.59. The number of hydrogen-bond donors (Lipinski definition) is 0. The van der Waals surface area contributed by atoms with Crippen LogP contribution in [0.25, 0.3) is 5.78 Å². The fourth-order valence-electron chi connectivity index (χ4n) is 4.20. The Bertz CT molecular complexity index is 1330. The van der Waals surface area contributed by atoms with Crippen molar-refractivity contribution in [3.8, 4) is 0 Å². The Kier molecular flexibility index (Phi) is 6.19. The minimum atomic E-state index is -0.243. The molecular weight excluding hydrogens is 451 g/mol. The summed E-state index contributed by atoms with van der Waals surface area (Å²) in [6, 6.07) is 16.2. The molecule has 0 N–H and O–H groups in total. The first-order valence-corrected chi connectivity index (χ1v) is 12.2. The number of aryl methyl sites for hydroxylation is 2. The van der Waals surface area contributed by atoms with E-state index in [0.717, 1.165) is 22.6 Å². The number of aromatic nitrogens is 4. The van der Waals surface area contributed by atoms with Crippen LogP contribution in [0.2, 0.25) is 0 Å². The smallest absolute Gasteiger partial charge is 0.254 e. The minimum Gasteiger partial charge on any atom is -0.368 e. The molecule has 2 aromatic carbocycles. The van der Waals surface area contributed by atoms with Gasteiger partial charge in [-0.3, -0.25) is 4.79 Å². The van der Waals surface area contributed by atoms with Gasteiger partial charge < -0.3 is 9.80 Å². The second kappa shape index (κ2) is 9.42. The van der Waals surface area contributed by atoms with Crippen LogP contribution in [0.4, 0.5) is 10.1 Å². The van der Waals surface area contributed by atoms with Gasteiger partial charge in [0.15, 0.2) is 0 Å². The number of thioether (sulfide) groups is 1. The number of nitrogens with zero attached hydrogens (tertiary/aromatic N) is 6. The van der Waals surface area contributed by atoms with Crippen molar-refractivity contribution in [3.63, 3.8) is 0 Å². The van der Waals surface area contributed by atoms with Crippen molar-refractivity contribution in [1.29, 1.82) is 0 Å². The monoisotopic (exact) mass is 476 g/mol. The van der Waals surface area contributed by atoms with Crippen LogP contribution in [0, 0.1) is 19.7 Å². The zero-order valence-corrected chi connectivity index (χ0v) is 19.9. The topological polar surface area (TPSA) is 66.6 Å². The Balaban J connectivity index is 1.26. The minimum absolute atomic E-state index is 0.0334. The molecule has 2 aromatic heterocycles. The van der Waals surface area contributed by atoms with E-state index in [4.69, 9.17) is 0 Å². The summed E-state index contributed by atoms with van der Waals surface area (Å²) in [5.41, 5.74) is 4.53. The van der Waals surface area contributed by atoms with Gasteiger partial charge >= 0.3 is 0 Å². The van der Waals surface area contributed by atoms with E-state index in [1.54, 1.807) is 16.6 Å². The number of anilines is 1. The van der Waals surface area contributed by atoms with Crippen LogP contribution in [0.3, 0.4) is 0 Å². The number of halogens is 1. The summed E-state index contributed by atoms with van der Waals surface area (Å²) in [5, 5.41) is 5.19. The molecule has 174 valence electrons. The molecule has 4 aromatic rings. The summed E-state index contributed by atoms with van der Waals surface area (Å²) >= 11 is 1.50. The Morgan fingerprint density at radius 3 is 2.50 bits per heavy atom. The largest absolute Gasteiger partial charge is 0.368 e. The first-order chi connectivity index (χ1) is 16.5. The van der Waals surface area contributed by atoms with Gasteiger partial charge in [0.1, 0.15) is 5.82 Å². The average molecular weight is 477 g/mol. The summed E-state index contributed by atoms with van der Waals surface area (Å²) in [5.74, 6) is 0.966. The van der Waals surface area contributed by atoms with Crippen molar-refractivity contribution in [3.05, 3.63) is 82.9 Å². The van der Waals surface area contributed by atoms with Gasteiger partial charge in [-0.1, -0.05) is 30.0 Å². The summed E-state index contributed by atoms with van der Waals surface area (Å²) in [6.07, 6.45) is 0. The molecule has 1 saturated heterocycles. The zero-order valence-electron chi connectivity index (χ0n) is 19.1. The SMILES string of the molecule is Cc1cc(C)n2nc(SCc3ccccc3C(=O)N3CCN(c4ccc(F)cc4)CC3)nc2n1. The molecule has 1 aliphatic heterocycles.